The maximum atomic E-state index is 14.2. The van der Waals surface area contributed by atoms with Crippen molar-refractivity contribution in [3.05, 3.63) is 41.8 Å². The fourth-order valence-corrected chi connectivity index (χ4v) is 3.44. The van der Waals surface area contributed by atoms with Crippen LogP contribution in [-0.4, -0.2) is 55.4 Å². The van der Waals surface area contributed by atoms with Gasteiger partial charge >= 0.3 is 12.1 Å². The topological polar surface area (TPSA) is 76.6 Å². The molecule has 1 aromatic heterocycles. The number of methoxy groups -OCH3 is 2. The third-order valence-corrected chi connectivity index (χ3v) is 4.90. The molecule has 7 nitrogen and oxygen atoms in total. The summed E-state index contributed by atoms with van der Waals surface area (Å²) < 4.78 is 62.7. The van der Waals surface area contributed by atoms with Crippen molar-refractivity contribution in [2.45, 2.75) is 24.6 Å². The molecule has 0 spiro atoms. The number of hydrogen-bond donors (Lipinski definition) is 1. The number of aromatic nitrogens is 2. The van der Waals surface area contributed by atoms with E-state index < -0.39 is 29.9 Å². The number of carbonyl (C=O) groups is 1. The van der Waals surface area contributed by atoms with Gasteiger partial charge in [0.1, 0.15) is 0 Å². The number of ether oxygens (including phenoxy) is 2. The lowest BCUT2D eigenvalue weighted by molar-refractivity contribution is -0.174. The first-order chi connectivity index (χ1) is 14.2. The van der Waals surface area contributed by atoms with E-state index in [-0.39, 0.29) is 18.2 Å². The SMILES string of the molecule is COc1ccnc(N2CCC(c3ccc(OC)c(F)c3)C(NC(=O)C(F)(F)F)C2)n1. The highest BCUT2D eigenvalue weighted by atomic mass is 19.4. The first-order valence-corrected chi connectivity index (χ1v) is 9.06. The van der Waals surface area contributed by atoms with Crippen LogP contribution in [0.4, 0.5) is 23.5 Å². The third kappa shape index (κ3) is 4.71. The van der Waals surface area contributed by atoms with E-state index >= 15 is 0 Å². The Morgan fingerprint density at radius 3 is 2.63 bits per heavy atom. The van der Waals surface area contributed by atoms with E-state index in [1.54, 1.807) is 17.0 Å². The fraction of sp³-hybridized carbons (Fsp3) is 0.421. The third-order valence-electron chi connectivity index (χ3n) is 4.90. The minimum atomic E-state index is -5.04. The number of rotatable bonds is 5. The Kier molecular flexibility index (Phi) is 6.28. The van der Waals surface area contributed by atoms with Crippen molar-refractivity contribution in [1.82, 2.24) is 15.3 Å². The molecule has 1 fully saturated rings. The summed E-state index contributed by atoms with van der Waals surface area (Å²) in [6.07, 6.45) is -3.23. The summed E-state index contributed by atoms with van der Waals surface area (Å²) in [5.74, 6) is -2.64. The minimum absolute atomic E-state index is 0.00724. The van der Waals surface area contributed by atoms with E-state index in [0.717, 1.165) is 0 Å². The Morgan fingerprint density at radius 2 is 2.00 bits per heavy atom. The number of halogens is 4. The number of alkyl halides is 3. The molecular weight excluding hydrogens is 408 g/mol. The molecule has 2 unspecified atom stereocenters. The molecule has 2 atom stereocenters. The predicted molar refractivity (Wildman–Crippen MR) is 99.1 cm³/mol. The van der Waals surface area contributed by atoms with Crippen LogP contribution in [0.1, 0.15) is 17.9 Å². The molecule has 2 heterocycles. The summed E-state index contributed by atoms with van der Waals surface area (Å²) in [6.45, 7) is 0.400. The molecule has 2 aromatic rings. The second-order valence-corrected chi connectivity index (χ2v) is 6.71. The lowest BCUT2D eigenvalue weighted by Crippen LogP contribution is -2.54. The Hall–Kier alpha value is -3.11. The molecule has 1 N–H and O–H groups in total. The largest absolute Gasteiger partial charge is 0.494 e. The second kappa shape index (κ2) is 8.72. The van der Waals surface area contributed by atoms with Crippen molar-refractivity contribution in [2.24, 2.45) is 0 Å². The highest BCUT2D eigenvalue weighted by Gasteiger charge is 2.42. The molecule has 0 radical (unpaired) electrons. The summed E-state index contributed by atoms with van der Waals surface area (Å²) in [6, 6.07) is 4.80. The maximum absolute atomic E-state index is 14.2. The molecule has 0 bridgehead atoms. The number of benzene rings is 1. The number of nitrogens with one attached hydrogen (secondary N) is 1. The number of piperidine rings is 1. The van der Waals surface area contributed by atoms with Gasteiger partial charge < -0.3 is 19.7 Å². The van der Waals surface area contributed by atoms with Gasteiger partial charge in [0.2, 0.25) is 11.8 Å². The average molecular weight is 428 g/mol. The van der Waals surface area contributed by atoms with E-state index in [4.69, 9.17) is 9.47 Å². The van der Waals surface area contributed by atoms with Gasteiger partial charge in [0.05, 0.1) is 20.3 Å². The van der Waals surface area contributed by atoms with Gasteiger partial charge in [-0.25, -0.2) is 9.37 Å². The fourth-order valence-electron chi connectivity index (χ4n) is 3.44. The van der Waals surface area contributed by atoms with E-state index in [1.807, 2.05) is 5.32 Å². The second-order valence-electron chi connectivity index (χ2n) is 6.71. The van der Waals surface area contributed by atoms with Gasteiger partial charge in [-0.2, -0.15) is 18.2 Å². The molecule has 0 saturated carbocycles. The zero-order valence-electron chi connectivity index (χ0n) is 16.2. The van der Waals surface area contributed by atoms with E-state index in [1.165, 1.54) is 32.5 Å². The van der Waals surface area contributed by atoms with Crippen LogP contribution in [0.15, 0.2) is 30.5 Å². The number of hydrogen-bond acceptors (Lipinski definition) is 6. The first-order valence-electron chi connectivity index (χ1n) is 9.06. The van der Waals surface area contributed by atoms with E-state index in [9.17, 15) is 22.4 Å². The number of anilines is 1. The average Bonchev–Trinajstić information content (AvgIpc) is 2.73. The highest BCUT2D eigenvalue weighted by Crippen LogP contribution is 2.33. The lowest BCUT2D eigenvalue weighted by Gasteiger charge is -2.39. The van der Waals surface area contributed by atoms with Gasteiger partial charge in [0.25, 0.3) is 0 Å². The van der Waals surface area contributed by atoms with Gasteiger partial charge in [0, 0.05) is 31.3 Å². The lowest BCUT2D eigenvalue weighted by atomic mass is 9.85. The van der Waals surface area contributed by atoms with Crippen molar-refractivity contribution < 1.29 is 31.8 Å². The minimum Gasteiger partial charge on any atom is -0.494 e. The number of nitrogens with zero attached hydrogens (tertiary/aromatic N) is 3. The molecule has 1 saturated heterocycles. The Balaban J connectivity index is 1.89. The molecule has 30 heavy (non-hydrogen) atoms. The normalized spacial score (nSPS) is 19.3. The summed E-state index contributed by atoms with van der Waals surface area (Å²) in [5, 5.41) is 2.04. The Morgan fingerprint density at radius 1 is 1.23 bits per heavy atom. The van der Waals surface area contributed by atoms with Crippen molar-refractivity contribution in [2.75, 3.05) is 32.2 Å². The van der Waals surface area contributed by atoms with Crippen molar-refractivity contribution in [3.8, 4) is 11.6 Å². The molecule has 3 rings (SSSR count). The van der Waals surface area contributed by atoms with Gasteiger partial charge in [-0.3, -0.25) is 4.79 Å². The van der Waals surface area contributed by atoms with Crippen LogP contribution in [0.5, 0.6) is 11.6 Å². The molecule has 1 aliphatic rings. The molecule has 1 aliphatic heterocycles. The van der Waals surface area contributed by atoms with Crippen molar-refractivity contribution in [1.29, 1.82) is 0 Å². The predicted octanol–water partition coefficient (Wildman–Crippen LogP) is 2.67. The Labute approximate surface area is 170 Å². The van der Waals surface area contributed by atoms with Crippen LogP contribution in [0, 0.1) is 5.82 Å². The zero-order valence-corrected chi connectivity index (χ0v) is 16.2. The molecule has 1 aromatic carbocycles. The summed E-state index contributed by atoms with van der Waals surface area (Å²) in [4.78, 5) is 21.6. The summed E-state index contributed by atoms with van der Waals surface area (Å²) in [7, 11) is 2.75. The smallest absolute Gasteiger partial charge is 0.471 e. The molecule has 0 aliphatic carbocycles. The van der Waals surface area contributed by atoms with Gasteiger partial charge in [-0.15, -0.1) is 0 Å². The summed E-state index contributed by atoms with van der Waals surface area (Å²) in [5.41, 5.74) is 0.465. The summed E-state index contributed by atoms with van der Waals surface area (Å²) >= 11 is 0. The van der Waals surface area contributed by atoms with Crippen LogP contribution in [0.2, 0.25) is 0 Å². The quantitative estimate of drug-likeness (QED) is 0.738. The molecule has 1 amide bonds. The van der Waals surface area contributed by atoms with Crippen LogP contribution in [-0.2, 0) is 4.79 Å². The Bertz CT molecular complexity index is 910. The van der Waals surface area contributed by atoms with Gasteiger partial charge in [-0.05, 0) is 24.1 Å². The molecule has 162 valence electrons. The van der Waals surface area contributed by atoms with Crippen molar-refractivity contribution in [3.63, 3.8) is 0 Å². The van der Waals surface area contributed by atoms with Crippen LogP contribution < -0.4 is 19.7 Å². The monoisotopic (exact) mass is 428 g/mol. The highest BCUT2D eigenvalue weighted by molar-refractivity contribution is 5.82. The van der Waals surface area contributed by atoms with Crippen LogP contribution in [0.25, 0.3) is 0 Å². The van der Waals surface area contributed by atoms with Crippen molar-refractivity contribution >= 4 is 11.9 Å². The molecular formula is C19H20F4N4O3. The van der Waals surface area contributed by atoms with Crippen LogP contribution in [0.3, 0.4) is 0 Å². The van der Waals surface area contributed by atoms with Gasteiger partial charge in [0.15, 0.2) is 11.6 Å². The number of carbonyl (C=O) groups excluding carboxylic acids is 1. The molecule has 11 heteroatoms. The van der Waals surface area contributed by atoms with Gasteiger partial charge in [-0.1, -0.05) is 6.07 Å². The van der Waals surface area contributed by atoms with Crippen LogP contribution >= 0.6 is 0 Å². The van der Waals surface area contributed by atoms with E-state index in [0.29, 0.717) is 24.4 Å². The van der Waals surface area contributed by atoms with E-state index in [2.05, 4.69) is 9.97 Å². The first kappa shape index (κ1) is 21.6. The standard InChI is InChI=1S/C19H20F4N4O3/c1-29-15-4-3-11(9-13(15)20)12-6-8-27(18-24-7-5-16(26-18)30-2)10-14(12)25-17(28)19(21,22)23/h3-5,7,9,12,14H,6,8,10H2,1-2H3,(H,25,28). The maximum Gasteiger partial charge on any atom is 0.471 e. The zero-order chi connectivity index (χ0) is 21.9. The number of amides is 1.